The molecule has 5 heteroatoms. The van der Waals surface area contributed by atoms with Gasteiger partial charge in [0.15, 0.2) is 0 Å². The summed E-state index contributed by atoms with van der Waals surface area (Å²) in [5.41, 5.74) is 4.67. The van der Waals surface area contributed by atoms with Crippen LogP contribution in [0.4, 0.5) is 4.39 Å². The Kier molecular flexibility index (Phi) is 4.97. The molecule has 124 valence electrons. The second-order valence-electron chi connectivity index (χ2n) is 5.70. The van der Waals surface area contributed by atoms with Crippen LogP contribution in [-0.4, -0.2) is 9.78 Å². The highest BCUT2D eigenvalue weighted by Gasteiger charge is 2.13. The number of nitrogens with zero attached hydrogens (tertiary/aromatic N) is 2. The van der Waals surface area contributed by atoms with Crippen molar-refractivity contribution in [1.29, 1.82) is 0 Å². The van der Waals surface area contributed by atoms with Gasteiger partial charge in [-0.2, -0.15) is 5.10 Å². The molecule has 0 saturated heterocycles. The fourth-order valence-corrected chi connectivity index (χ4v) is 2.99. The van der Waals surface area contributed by atoms with Crippen LogP contribution in [0, 0.1) is 19.7 Å². The summed E-state index contributed by atoms with van der Waals surface area (Å²) >= 11 is 6.06. The number of halogens is 2. The van der Waals surface area contributed by atoms with Gasteiger partial charge in [-0.25, -0.2) is 9.07 Å². The Morgan fingerprint density at radius 3 is 2.42 bits per heavy atom. The lowest BCUT2D eigenvalue weighted by atomic mass is 10.1. The highest BCUT2D eigenvalue weighted by Crippen LogP contribution is 2.20. The Hall–Kier alpha value is -2.17. The SMILES string of the molecule is Cc1nn(-c2ccccc2)c(C)c1CNCc1c(F)cccc1Cl. The van der Waals surface area contributed by atoms with Crippen molar-refractivity contribution in [1.82, 2.24) is 15.1 Å². The van der Waals surface area contributed by atoms with Gasteiger partial charge in [0, 0.05) is 34.9 Å². The Balaban J connectivity index is 1.76. The summed E-state index contributed by atoms with van der Waals surface area (Å²) in [4.78, 5) is 0. The number of nitrogens with one attached hydrogen (secondary N) is 1. The van der Waals surface area contributed by atoms with Crippen LogP contribution >= 0.6 is 11.6 Å². The van der Waals surface area contributed by atoms with Crippen molar-refractivity contribution in [2.75, 3.05) is 0 Å². The van der Waals surface area contributed by atoms with Crippen molar-refractivity contribution in [3.63, 3.8) is 0 Å². The third kappa shape index (κ3) is 3.35. The number of para-hydroxylation sites is 1. The molecule has 1 heterocycles. The van der Waals surface area contributed by atoms with Crippen molar-refractivity contribution in [3.05, 3.63) is 81.9 Å². The maximum Gasteiger partial charge on any atom is 0.129 e. The molecule has 0 bridgehead atoms. The molecule has 0 aliphatic heterocycles. The first-order chi connectivity index (χ1) is 11.6. The second kappa shape index (κ2) is 7.16. The Bertz CT molecular complexity index is 823. The lowest BCUT2D eigenvalue weighted by Gasteiger charge is -2.09. The largest absolute Gasteiger partial charge is 0.308 e. The summed E-state index contributed by atoms with van der Waals surface area (Å²) in [5, 5.41) is 8.33. The molecule has 0 saturated carbocycles. The third-order valence-corrected chi connectivity index (χ3v) is 4.46. The van der Waals surface area contributed by atoms with E-state index >= 15 is 0 Å². The molecule has 3 aromatic rings. The second-order valence-corrected chi connectivity index (χ2v) is 6.11. The molecule has 2 aromatic carbocycles. The van der Waals surface area contributed by atoms with Gasteiger partial charge in [-0.15, -0.1) is 0 Å². The van der Waals surface area contributed by atoms with E-state index in [1.54, 1.807) is 12.1 Å². The Morgan fingerprint density at radius 2 is 1.71 bits per heavy atom. The maximum absolute atomic E-state index is 13.8. The van der Waals surface area contributed by atoms with Crippen LogP contribution in [0.1, 0.15) is 22.5 Å². The quantitative estimate of drug-likeness (QED) is 0.735. The van der Waals surface area contributed by atoms with Crippen LogP contribution < -0.4 is 5.32 Å². The van der Waals surface area contributed by atoms with Crippen LogP contribution in [0.5, 0.6) is 0 Å². The molecule has 3 nitrogen and oxygen atoms in total. The number of rotatable bonds is 5. The number of aryl methyl sites for hydroxylation is 1. The lowest BCUT2D eigenvalue weighted by Crippen LogP contribution is -2.15. The normalized spacial score (nSPS) is 11.0. The highest BCUT2D eigenvalue weighted by atomic mass is 35.5. The Morgan fingerprint density at radius 1 is 1.00 bits per heavy atom. The van der Waals surface area contributed by atoms with Gasteiger partial charge in [0.05, 0.1) is 11.4 Å². The lowest BCUT2D eigenvalue weighted by molar-refractivity contribution is 0.587. The molecule has 0 aliphatic rings. The molecule has 0 atom stereocenters. The van der Waals surface area contributed by atoms with Gasteiger partial charge in [0.2, 0.25) is 0 Å². The molecule has 0 spiro atoms. The van der Waals surface area contributed by atoms with Crippen LogP contribution in [0.2, 0.25) is 5.02 Å². The summed E-state index contributed by atoms with van der Waals surface area (Å²) < 4.78 is 15.8. The van der Waals surface area contributed by atoms with E-state index in [9.17, 15) is 4.39 Å². The molecule has 1 N–H and O–H groups in total. The zero-order valence-corrected chi connectivity index (χ0v) is 14.4. The van der Waals surface area contributed by atoms with Gasteiger partial charge in [0.1, 0.15) is 5.82 Å². The van der Waals surface area contributed by atoms with Crippen LogP contribution in [0.25, 0.3) is 5.69 Å². The topological polar surface area (TPSA) is 29.9 Å². The average Bonchev–Trinajstić information content (AvgIpc) is 2.86. The van der Waals surface area contributed by atoms with E-state index in [-0.39, 0.29) is 5.82 Å². The smallest absolute Gasteiger partial charge is 0.129 e. The molecule has 0 unspecified atom stereocenters. The van der Waals surface area contributed by atoms with Gasteiger partial charge in [0.25, 0.3) is 0 Å². The molecule has 0 fully saturated rings. The number of aromatic nitrogens is 2. The van der Waals surface area contributed by atoms with E-state index in [0.717, 1.165) is 22.6 Å². The van der Waals surface area contributed by atoms with Crippen LogP contribution in [-0.2, 0) is 13.1 Å². The minimum atomic E-state index is -0.288. The van der Waals surface area contributed by atoms with E-state index in [1.807, 2.05) is 48.9 Å². The zero-order valence-electron chi connectivity index (χ0n) is 13.7. The van der Waals surface area contributed by atoms with Crippen molar-refractivity contribution in [2.24, 2.45) is 0 Å². The third-order valence-electron chi connectivity index (χ3n) is 4.11. The fraction of sp³-hybridized carbons (Fsp3) is 0.211. The van der Waals surface area contributed by atoms with Crippen LogP contribution in [0.3, 0.4) is 0 Å². The molecule has 0 amide bonds. The number of hydrogen-bond donors (Lipinski definition) is 1. The van der Waals surface area contributed by atoms with Crippen molar-refractivity contribution in [2.45, 2.75) is 26.9 Å². The van der Waals surface area contributed by atoms with Gasteiger partial charge in [-0.05, 0) is 38.1 Å². The van der Waals surface area contributed by atoms with Crippen molar-refractivity contribution in [3.8, 4) is 5.69 Å². The molecular formula is C19H19ClFN3. The minimum absolute atomic E-state index is 0.288. The van der Waals surface area contributed by atoms with Crippen molar-refractivity contribution >= 4 is 11.6 Å². The van der Waals surface area contributed by atoms with Crippen molar-refractivity contribution < 1.29 is 4.39 Å². The van der Waals surface area contributed by atoms with E-state index in [0.29, 0.717) is 23.7 Å². The zero-order chi connectivity index (χ0) is 17.1. The first kappa shape index (κ1) is 16.7. The predicted octanol–water partition coefficient (Wildman–Crippen LogP) is 4.57. The predicted molar refractivity (Wildman–Crippen MR) is 95.0 cm³/mol. The minimum Gasteiger partial charge on any atom is -0.308 e. The summed E-state index contributed by atoms with van der Waals surface area (Å²) in [7, 11) is 0. The van der Waals surface area contributed by atoms with Crippen LogP contribution in [0.15, 0.2) is 48.5 Å². The van der Waals surface area contributed by atoms with E-state index in [1.165, 1.54) is 6.07 Å². The number of benzene rings is 2. The Labute approximate surface area is 146 Å². The summed E-state index contributed by atoms with van der Waals surface area (Å²) in [5.74, 6) is -0.288. The summed E-state index contributed by atoms with van der Waals surface area (Å²) in [6.45, 7) is 5.01. The van der Waals surface area contributed by atoms with E-state index in [4.69, 9.17) is 11.6 Å². The van der Waals surface area contributed by atoms with Gasteiger partial charge >= 0.3 is 0 Å². The van der Waals surface area contributed by atoms with E-state index in [2.05, 4.69) is 10.4 Å². The first-order valence-electron chi connectivity index (χ1n) is 7.82. The van der Waals surface area contributed by atoms with Gasteiger partial charge in [-0.3, -0.25) is 0 Å². The number of hydrogen-bond acceptors (Lipinski definition) is 2. The first-order valence-corrected chi connectivity index (χ1v) is 8.20. The molecule has 24 heavy (non-hydrogen) atoms. The highest BCUT2D eigenvalue weighted by molar-refractivity contribution is 6.31. The molecule has 0 aliphatic carbocycles. The summed E-state index contributed by atoms with van der Waals surface area (Å²) in [6, 6.07) is 14.7. The molecular weight excluding hydrogens is 325 g/mol. The molecule has 3 rings (SSSR count). The summed E-state index contributed by atoms with van der Waals surface area (Å²) in [6.07, 6.45) is 0. The standard InChI is InChI=1S/C19H19ClFN3/c1-13-16(11-22-12-17-18(20)9-6-10-19(17)21)14(2)24(23-13)15-7-4-3-5-8-15/h3-10,22H,11-12H2,1-2H3. The van der Waals surface area contributed by atoms with Gasteiger partial charge in [-0.1, -0.05) is 35.9 Å². The molecule has 1 aromatic heterocycles. The molecule has 0 radical (unpaired) electrons. The fourth-order valence-electron chi connectivity index (χ4n) is 2.77. The van der Waals surface area contributed by atoms with E-state index < -0.39 is 0 Å². The average molecular weight is 344 g/mol. The monoisotopic (exact) mass is 343 g/mol. The maximum atomic E-state index is 13.8. The van der Waals surface area contributed by atoms with Gasteiger partial charge < -0.3 is 5.32 Å².